The number of nitrogens with one attached hydrogen (secondary N) is 2. The normalized spacial score (nSPS) is 10.3. The largest absolute Gasteiger partial charge is 0.466 e. The lowest BCUT2D eigenvalue weighted by molar-refractivity contribution is 0.0845. The average Bonchev–Trinajstić information content (AvgIpc) is 2.77. The first-order valence-electron chi connectivity index (χ1n) is 6.63. The molecule has 2 amide bonds. The zero-order valence-electron chi connectivity index (χ0n) is 12.5. The molecule has 0 aliphatic carbocycles. The van der Waals surface area contributed by atoms with E-state index in [2.05, 4.69) is 10.9 Å². The van der Waals surface area contributed by atoms with Gasteiger partial charge in [0.15, 0.2) is 0 Å². The lowest BCUT2D eigenvalue weighted by Crippen LogP contribution is -2.42. The summed E-state index contributed by atoms with van der Waals surface area (Å²) in [6.45, 7) is 7.22. The summed E-state index contributed by atoms with van der Waals surface area (Å²) >= 11 is 0. The van der Waals surface area contributed by atoms with Crippen LogP contribution in [0.4, 0.5) is 0 Å². The molecule has 0 unspecified atom stereocenters. The van der Waals surface area contributed by atoms with E-state index in [1.165, 1.54) is 0 Å². The van der Waals surface area contributed by atoms with Gasteiger partial charge in [-0.1, -0.05) is 17.7 Å². The smallest absolute Gasteiger partial charge is 0.273 e. The van der Waals surface area contributed by atoms with Gasteiger partial charge in [-0.15, -0.1) is 0 Å². The molecule has 0 aliphatic heterocycles. The molecule has 1 aromatic heterocycles. The predicted molar refractivity (Wildman–Crippen MR) is 79.0 cm³/mol. The van der Waals surface area contributed by atoms with Crippen molar-refractivity contribution in [3.8, 4) is 0 Å². The van der Waals surface area contributed by atoms with Crippen LogP contribution in [0.5, 0.6) is 0 Å². The summed E-state index contributed by atoms with van der Waals surface area (Å²) < 4.78 is 5.29. The highest BCUT2D eigenvalue weighted by Crippen LogP contribution is 2.13. The Morgan fingerprint density at radius 2 is 1.52 bits per heavy atom. The standard InChI is InChI=1S/C16H18N2O3/c1-9-5-6-10(2)13(7-9)15(19)17-18-16(20)14-8-11(3)21-12(14)4/h5-8H,1-4H3,(H,17,19)(H,18,20). The highest BCUT2D eigenvalue weighted by molar-refractivity contribution is 6.00. The van der Waals surface area contributed by atoms with E-state index in [1.807, 2.05) is 26.0 Å². The molecule has 1 aromatic carbocycles. The Balaban J connectivity index is 2.06. The lowest BCUT2D eigenvalue weighted by atomic mass is 10.1. The lowest BCUT2D eigenvalue weighted by Gasteiger charge is -2.09. The predicted octanol–water partition coefficient (Wildman–Crippen LogP) is 2.59. The molecule has 110 valence electrons. The summed E-state index contributed by atoms with van der Waals surface area (Å²) in [4.78, 5) is 24.1. The van der Waals surface area contributed by atoms with Crippen molar-refractivity contribution in [2.75, 3.05) is 0 Å². The zero-order valence-corrected chi connectivity index (χ0v) is 12.5. The Labute approximate surface area is 123 Å². The molecule has 2 aromatic rings. The van der Waals surface area contributed by atoms with Gasteiger partial charge in [0.1, 0.15) is 11.5 Å². The fourth-order valence-electron chi connectivity index (χ4n) is 2.08. The van der Waals surface area contributed by atoms with Crippen LogP contribution in [0.15, 0.2) is 28.7 Å². The Morgan fingerprint density at radius 1 is 0.905 bits per heavy atom. The van der Waals surface area contributed by atoms with Crippen LogP contribution in [-0.2, 0) is 0 Å². The summed E-state index contributed by atoms with van der Waals surface area (Å²) in [6, 6.07) is 7.22. The van der Waals surface area contributed by atoms with Crippen molar-refractivity contribution >= 4 is 11.8 Å². The summed E-state index contributed by atoms with van der Waals surface area (Å²) in [6.07, 6.45) is 0. The quantitative estimate of drug-likeness (QED) is 0.834. The van der Waals surface area contributed by atoms with Gasteiger partial charge in [0.2, 0.25) is 0 Å². The Bertz CT molecular complexity index is 702. The second kappa shape index (κ2) is 5.83. The zero-order chi connectivity index (χ0) is 15.6. The number of hydrogen-bond donors (Lipinski definition) is 2. The van der Waals surface area contributed by atoms with Gasteiger partial charge in [0.25, 0.3) is 11.8 Å². The summed E-state index contributed by atoms with van der Waals surface area (Å²) in [5.41, 5.74) is 7.60. The second-order valence-corrected chi connectivity index (χ2v) is 5.05. The number of aryl methyl sites for hydroxylation is 4. The molecule has 5 heteroatoms. The minimum atomic E-state index is -0.400. The molecule has 0 fully saturated rings. The average molecular weight is 286 g/mol. The third-order valence-electron chi connectivity index (χ3n) is 3.21. The van der Waals surface area contributed by atoms with Gasteiger partial charge in [-0.2, -0.15) is 0 Å². The summed E-state index contributed by atoms with van der Waals surface area (Å²) in [7, 11) is 0. The SMILES string of the molecule is Cc1ccc(C)c(C(=O)NNC(=O)c2cc(C)oc2C)c1. The van der Waals surface area contributed by atoms with Crippen LogP contribution in [0.3, 0.4) is 0 Å². The molecule has 0 saturated carbocycles. The summed E-state index contributed by atoms with van der Waals surface area (Å²) in [5.74, 6) is 0.426. The van der Waals surface area contributed by atoms with Gasteiger partial charge in [0, 0.05) is 5.56 Å². The first-order chi connectivity index (χ1) is 9.88. The van der Waals surface area contributed by atoms with E-state index in [1.54, 1.807) is 26.0 Å². The maximum absolute atomic E-state index is 12.1. The van der Waals surface area contributed by atoms with Gasteiger partial charge >= 0.3 is 0 Å². The van der Waals surface area contributed by atoms with Crippen molar-refractivity contribution in [2.24, 2.45) is 0 Å². The van der Waals surface area contributed by atoms with Crippen LogP contribution in [0, 0.1) is 27.7 Å². The number of carbonyl (C=O) groups is 2. The first kappa shape index (κ1) is 14.8. The highest BCUT2D eigenvalue weighted by atomic mass is 16.3. The minimum Gasteiger partial charge on any atom is -0.466 e. The Kier molecular flexibility index (Phi) is 4.12. The van der Waals surface area contributed by atoms with E-state index in [0.717, 1.165) is 11.1 Å². The molecule has 0 aliphatic rings. The number of benzene rings is 1. The monoisotopic (exact) mass is 286 g/mol. The third-order valence-corrected chi connectivity index (χ3v) is 3.21. The molecule has 2 N–H and O–H groups in total. The van der Waals surface area contributed by atoms with Crippen LogP contribution >= 0.6 is 0 Å². The molecular formula is C16H18N2O3. The van der Waals surface area contributed by atoms with E-state index in [4.69, 9.17) is 4.42 Å². The maximum Gasteiger partial charge on any atom is 0.273 e. The molecular weight excluding hydrogens is 268 g/mol. The van der Waals surface area contributed by atoms with E-state index >= 15 is 0 Å². The van der Waals surface area contributed by atoms with Crippen molar-refractivity contribution in [3.05, 3.63) is 58.0 Å². The van der Waals surface area contributed by atoms with Crippen molar-refractivity contribution in [3.63, 3.8) is 0 Å². The first-order valence-corrected chi connectivity index (χ1v) is 6.63. The Hall–Kier alpha value is -2.56. The van der Waals surface area contributed by atoms with Crippen LogP contribution in [0.1, 0.15) is 43.4 Å². The van der Waals surface area contributed by atoms with E-state index < -0.39 is 5.91 Å². The molecule has 0 bridgehead atoms. The molecule has 2 rings (SSSR count). The topological polar surface area (TPSA) is 71.3 Å². The molecule has 0 spiro atoms. The van der Waals surface area contributed by atoms with Gasteiger partial charge in [-0.05, 0) is 45.4 Å². The fraction of sp³-hybridized carbons (Fsp3) is 0.250. The third kappa shape index (κ3) is 3.31. The number of carbonyl (C=O) groups excluding carboxylic acids is 2. The second-order valence-electron chi connectivity index (χ2n) is 5.05. The van der Waals surface area contributed by atoms with Crippen molar-refractivity contribution in [1.29, 1.82) is 0 Å². The van der Waals surface area contributed by atoms with Crippen LogP contribution in [0.2, 0.25) is 0 Å². The van der Waals surface area contributed by atoms with E-state index in [-0.39, 0.29) is 5.91 Å². The number of hydrogen-bond acceptors (Lipinski definition) is 3. The van der Waals surface area contributed by atoms with E-state index in [9.17, 15) is 9.59 Å². The van der Waals surface area contributed by atoms with Gasteiger partial charge in [-0.3, -0.25) is 20.4 Å². The van der Waals surface area contributed by atoms with Crippen LogP contribution in [-0.4, -0.2) is 11.8 Å². The van der Waals surface area contributed by atoms with Crippen LogP contribution < -0.4 is 10.9 Å². The number of furan rings is 1. The van der Waals surface area contributed by atoms with Crippen molar-refractivity contribution in [2.45, 2.75) is 27.7 Å². The number of hydrazine groups is 1. The molecule has 0 saturated heterocycles. The minimum absolute atomic E-state index is 0.345. The van der Waals surface area contributed by atoms with Gasteiger partial charge in [0.05, 0.1) is 5.56 Å². The van der Waals surface area contributed by atoms with E-state index in [0.29, 0.717) is 22.6 Å². The highest BCUT2D eigenvalue weighted by Gasteiger charge is 2.15. The molecule has 0 atom stereocenters. The molecule has 5 nitrogen and oxygen atoms in total. The molecule has 21 heavy (non-hydrogen) atoms. The maximum atomic E-state index is 12.1. The Morgan fingerprint density at radius 3 is 2.10 bits per heavy atom. The van der Waals surface area contributed by atoms with Crippen molar-refractivity contribution in [1.82, 2.24) is 10.9 Å². The van der Waals surface area contributed by atoms with Gasteiger partial charge < -0.3 is 4.42 Å². The summed E-state index contributed by atoms with van der Waals surface area (Å²) in [5, 5.41) is 0. The van der Waals surface area contributed by atoms with Gasteiger partial charge in [-0.25, -0.2) is 0 Å². The molecule has 0 radical (unpaired) electrons. The fourth-order valence-corrected chi connectivity index (χ4v) is 2.08. The number of amides is 2. The van der Waals surface area contributed by atoms with Crippen molar-refractivity contribution < 1.29 is 14.0 Å². The van der Waals surface area contributed by atoms with Crippen LogP contribution in [0.25, 0.3) is 0 Å². The number of rotatable bonds is 2. The molecule has 1 heterocycles.